The molecule has 2 heterocycles. The third kappa shape index (κ3) is 5.27. The van der Waals surface area contributed by atoms with Crippen LogP contribution in [-0.4, -0.2) is 58.5 Å². The van der Waals surface area contributed by atoms with Gasteiger partial charge < -0.3 is 29.8 Å². The monoisotopic (exact) mass is 497 g/mol. The molecule has 182 valence electrons. The van der Waals surface area contributed by atoms with Crippen LogP contribution in [-0.2, 0) is 22.3 Å². The molecular formula is C23H24N5O6P. The molecule has 0 bridgehead atoms. The number of fused-ring (bicyclic) bond motifs is 2. The number of aromatic nitrogens is 4. The molecule has 12 heteroatoms. The summed E-state index contributed by atoms with van der Waals surface area (Å²) >= 11 is 0. The van der Waals surface area contributed by atoms with Gasteiger partial charge in [-0.25, -0.2) is 14.8 Å². The van der Waals surface area contributed by atoms with E-state index in [1.807, 2.05) is 24.3 Å². The van der Waals surface area contributed by atoms with Gasteiger partial charge >= 0.3 is 13.6 Å². The minimum absolute atomic E-state index is 0.182. The number of hydrogen-bond donors (Lipinski definition) is 5. The summed E-state index contributed by atoms with van der Waals surface area (Å²) in [5.74, 6) is -0.147. The van der Waals surface area contributed by atoms with Crippen molar-refractivity contribution in [2.45, 2.75) is 31.8 Å². The largest absolute Gasteiger partial charge is 0.480 e. The fourth-order valence-corrected chi connectivity index (χ4v) is 4.84. The van der Waals surface area contributed by atoms with Crippen LogP contribution in [0.4, 0.5) is 0 Å². The Bertz CT molecular complexity index is 1450. The van der Waals surface area contributed by atoms with Crippen LogP contribution in [0, 0.1) is 5.92 Å². The van der Waals surface area contributed by atoms with Gasteiger partial charge in [0.05, 0.1) is 34.6 Å². The number of amides is 1. The summed E-state index contributed by atoms with van der Waals surface area (Å²) in [7, 11) is -4.64. The van der Waals surface area contributed by atoms with E-state index in [2.05, 4.69) is 19.9 Å². The Labute approximate surface area is 199 Å². The highest BCUT2D eigenvalue weighted by atomic mass is 31.2. The lowest BCUT2D eigenvalue weighted by molar-refractivity contribution is -0.138. The molecule has 1 saturated carbocycles. The van der Waals surface area contributed by atoms with Crippen LogP contribution in [0.1, 0.15) is 34.8 Å². The van der Waals surface area contributed by atoms with Gasteiger partial charge in [0.25, 0.3) is 5.91 Å². The molecule has 1 unspecified atom stereocenters. The highest BCUT2D eigenvalue weighted by Gasteiger charge is 2.29. The van der Waals surface area contributed by atoms with Crippen molar-refractivity contribution in [1.82, 2.24) is 24.8 Å². The first kappa shape index (κ1) is 23.2. The molecule has 1 amide bonds. The van der Waals surface area contributed by atoms with Gasteiger partial charge in [-0.3, -0.25) is 9.36 Å². The third-order valence-electron chi connectivity index (χ3n) is 6.01. The average molecular weight is 497 g/mol. The Morgan fingerprint density at radius 3 is 2.60 bits per heavy atom. The molecule has 11 nitrogen and oxygen atoms in total. The Hall–Kier alpha value is -3.53. The molecule has 0 saturated heterocycles. The van der Waals surface area contributed by atoms with Crippen LogP contribution in [0.5, 0.6) is 0 Å². The van der Waals surface area contributed by atoms with Crippen molar-refractivity contribution >= 4 is 41.5 Å². The van der Waals surface area contributed by atoms with Crippen molar-refractivity contribution in [2.24, 2.45) is 5.92 Å². The van der Waals surface area contributed by atoms with Crippen LogP contribution >= 0.6 is 7.60 Å². The topological polar surface area (TPSA) is 170 Å². The van der Waals surface area contributed by atoms with Gasteiger partial charge in [0.15, 0.2) is 0 Å². The van der Waals surface area contributed by atoms with Gasteiger partial charge in [0.1, 0.15) is 17.7 Å². The van der Waals surface area contributed by atoms with Crippen molar-refractivity contribution in [3.05, 3.63) is 59.7 Å². The fourth-order valence-electron chi connectivity index (χ4n) is 4.12. The van der Waals surface area contributed by atoms with Crippen LogP contribution in [0.15, 0.2) is 42.5 Å². The summed E-state index contributed by atoms with van der Waals surface area (Å²) in [6.45, 7) is 0.743. The number of carbonyl (C=O) groups excluding carboxylic acids is 1. The van der Waals surface area contributed by atoms with Crippen LogP contribution in [0.3, 0.4) is 0 Å². The zero-order valence-corrected chi connectivity index (χ0v) is 19.5. The second-order valence-electron chi connectivity index (χ2n) is 8.87. The quantitative estimate of drug-likeness (QED) is 0.219. The lowest BCUT2D eigenvalue weighted by atomic mass is 10.1. The van der Waals surface area contributed by atoms with Crippen molar-refractivity contribution in [1.29, 1.82) is 0 Å². The van der Waals surface area contributed by atoms with E-state index in [9.17, 15) is 19.3 Å². The molecule has 1 fully saturated rings. The molecule has 1 aliphatic carbocycles. The first-order valence-corrected chi connectivity index (χ1v) is 13.0. The van der Waals surface area contributed by atoms with E-state index >= 15 is 0 Å². The van der Waals surface area contributed by atoms with Gasteiger partial charge in [-0.05, 0) is 49.1 Å². The highest BCUT2D eigenvalue weighted by molar-refractivity contribution is 7.51. The first-order chi connectivity index (χ1) is 16.7. The molecule has 5 N–H and O–H groups in total. The number of imidazole rings is 2. The zero-order valence-electron chi connectivity index (χ0n) is 18.6. The SMILES string of the molecule is O=C(NC(CP(=O)(O)O)C(=O)O)c1ccc2nc(Cc3nc4ccccc4[nH]3)n(CC3CC3)c2c1. The summed E-state index contributed by atoms with van der Waals surface area (Å²) in [5.41, 5.74) is 3.42. The maximum Gasteiger partial charge on any atom is 0.328 e. The number of carbonyl (C=O) groups is 2. The molecular weight excluding hydrogens is 473 g/mol. The normalized spacial score (nSPS) is 14.9. The molecule has 0 aliphatic heterocycles. The predicted molar refractivity (Wildman–Crippen MR) is 127 cm³/mol. The predicted octanol–water partition coefficient (Wildman–Crippen LogP) is 2.27. The van der Waals surface area contributed by atoms with E-state index in [1.165, 1.54) is 6.07 Å². The number of H-pyrrole nitrogens is 1. The Morgan fingerprint density at radius 2 is 1.91 bits per heavy atom. The van der Waals surface area contributed by atoms with Gasteiger partial charge in [-0.1, -0.05) is 12.1 Å². The van der Waals surface area contributed by atoms with Gasteiger partial charge in [-0.15, -0.1) is 0 Å². The highest BCUT2D eigenvalue weighted by Crippen LogP contribution is 2.35. The van der Waals surface area contributed by atoms with E-state index in [0.29, 0.717) is 17.9 Å². The maximum atomic E-state index is 12.8. The van der Waals surface area contributed by atoms with Crippen LogP contribution < -0.4 is 5.32 Å². The van der Waals surface area contributed by atoms with E-state index < -0.39 is 31.7 Å². The number of benzene rings is 2. The second kappa shape index (κ2) is 8.92. The number of nitrogens with zero attached hydrogens (tertiary/aromatic N) is 3. The molecule has 0 radical (unpaired) electrons. The van der Waals surface area contributed by atoms with Crippen molar-refractivity contribution in [2.75, 3.05) is 6.16 Å². The number of hydrogen-bond acceptors (Lipinski definition) is 5. The molecule has 5 rings (SSSR count). The van der Waals surface area contributed by atoms with Crippen molar-refractivity contribution < 1.29 is 29.0 Å². The van der Waals surface area contributed by atoms with Gasteiger partial charge in [0.2, 0.25) is 0 Å². The number of aromatic amines is 1. The summed E-state index contributed by atoms with van der Waals surface area (Å²) in [4.78, 5) is 55.2. The molecule has 2 aromatic carbocycles. The molecule has 35 heavy (non-hydrogen) atoms. The third-order valence-corrected chi connectivity index (χ3v) is 6.86. The van der Waals surface area contributed by atoms with E-state index in [4.69, 9.17) is 14.8 Å². The lowest BCUT2D eigenvalue weighted by Crippen LogP contribution is -2.43. The molecule has 1 atom stereocenters. The smallest absolute Gasteiger partial charge is 0.328 e. The number of carboxylic acids is 1. The average Bonchev–Trinajstić information content (AvgIpc) is 3.42. The van der Waals surface area contributed by atoms with E-state index in [-0.39, 0.29) is 5.56 Å². The molecule has 2 aromatic heterocycles. The summed E-state index contributed by atoms with van der Waals surface area (Å²) < 4.78 is 13.3. The summed E-state index contributed by atoms with van der Waals surface area (Å²) in [6, 6.07) is 10.9. The molecule has 4 aromatic rings. The van der Waals surface area contributed by atoms with Crippen molar-refractivity contribution in [3.8, 4) is 0 Å². The van der Waals surface area contributed by atoms with Crippen LogP contribution in [0.2, 0.25) is 0 Å². The van der Waals surface area contributed by atoms with E-state index in [1.54, 1.807) is 12.1 Å². The molecule has 1 aliphatic rings. The standard InChI is InChI=1S/C23H24N5O6P/c29-22(27-18(23(30)31)12-35(32,33)34)14-7-8-17-19(9-14)28(11-13-5-6-13)21(26-17)10-20-24-15-3-1-2-4-16(15)25-20/h1-4,7-9,13,18H,5-6,10-12H2,(H,24,25)(H,27,29)(H,30,31)(H2,32,33,34). The first-order valence-electron chi connectivity index (χ1n) is 11.2. The van der Waals surface area contributed by atoms with Gasteiger partial charge in [0, 0.05) is 12.1 Å². The number of para-hydroxylation sites is 2. The van der Waals surface area contributed by atoms with Crippen LogP contribution in [0.25, 0.3) is 22.1 Å². The Balaban J connectivity index is 1.46. The number of carboxylic acid groups (broad SMARTS) is 1. The number of aliphatic carboxylic acids is 1. The minimum Gasteiger partial charge on any atom is -0.480 e. The lowest BCUT2D eigenvalue weighted by Gasteiger charge is -2.15. The molecule has 0 spiro atoms. The maximum absolute atomic E-state index is 12.8. The minimum atomic E-state index is -4.64. The van der Waals surface area contributed by atoms with Crippen molar-refractivity contribution in [3.63, 3.8) is 0 Å². The second-order valence-corrected chi connectivity index (χ2v) is 10.6. The zero-order chi connectivity index (χ0) is 24.7. The summed E-state index contributed by atoms with van der Waals surface area (Å²) in [6.07, 6.45) is 1.72. The number of rotatable bonds is 9. The Morgan fingerprint density at radius 1 is 1.14 bits per heavy atom. The fraction of sp³-hybridized carbons (Fsp3) is 0.304. The Kier molecular flexibility index (Phi) is 5.92. The van der Waals surface area contributed by atoms with E-state index in [0.717, 1.165) is 47.6 Å². The number of nitrogens with one attached hydrogen (secondary N) is 2. The van der Waals surface area contributed by atoms with Gasteiger partial charge in [-0.2, -0.15) is 0 Å². The summed E-state index contributed by atoms with van der Waals surface area (Å²) in [5, 5.41) is 11.5.